The Labute approximate surface area is 106 Å². The first kappa shape index (κ1) is 13.8. The van der Waals surface area contributed by atoms with E-state index in [4.69, 9.17) is 23.2 Å². The van der Waals surface area contributed by atoms with Crippen molar-refractivity contribution in [2.24, 2.45) is 0 Å². The van der Waals surface area contributed by atoms with Gasteiger partial charge in [0, 0.05) is 17.4 Å². The summed E-state index contributed by atoms with van der Waals surface area (Å²) in [6.45, 7) is 0.357. The third-order valence-electron chi connectivity index (χ3n) is 1.94. The second-order valence-electron chi connectivity index (χ2n) is 3.29. The van der Waals surface area contributed by atoms with Crippen LogP contribution in [0.25, 0.3) is 0 Å². The molecule has 0 saturated heterocycles. The van der Waals surface area contributed by atoms with Crippen LogP contribution in [-0.2, 0) is 15.8 Å². The SMILES string of the molecule is O=S(=O)(Cc1ccccc1Cl)NCCCCl. The van der Waals surface area contributed by atoms with Crippen molar-refractivity contribution in [3.05, 3.63) is 34.9 Å². The highest BCUT2D eigenvalue weighted by atomic mass is 35.5. The summed E-state index contributed by atoms with van der Waals surface area (Å²) >= 11 is 11.3. The normalized spacial score (nSPS) is 11.6. The zero-order chi connectivity index (χ0) is 12.0. The van der Waals surface area contributed by atoms with Crippen LogP contribution in [0.5, 0.6) is 0 Å². The van der Waals surface area contributed by atoms with Crippen LogP contribution in [0.1, 0.15) is 12.0 Å². The lowest BCUT2D eigenvalue weighted by molar-refractivity contribution is 0.580. The molecule has 0 bridgehead atoms. The highest BCUT2D eigenvalue weighted by molar-refractivity contribution is 7.88. The first-order valence-corrected chi connectivity index (χ1v) is 7.38. The van der Waals surface area contributed by atoms with E-state index >= 15 is 0 Å². The molecule has 90 valence electrons. The molecule has 0 amide bonds. The largest absolute Gasteiger partial charge is 0.215 e. The monoisotopic (exact) mass is 281 g/mol. The lowest BCUT2D eigenvalue weighted by atomic mass is 10.2. The number of hydrogen-bond acceptors (Lipinski definition) is 2. The van der Waals surface area contributed by atoms with Crippen LogP contribution in [-0.4, -0.2) is 20.8 Å². The van der Waals surface area contributed by atoms with E-state index in [0.29, 0.717) is 29.4 Å². The van der Waals surface area contributed by atoms with Crippen LogP contribution in [0.3, 0.4) is 0 Å². The van der Waals surface area contributed by atoms with E-state index in [2.05, 4.69) is 4.72 Å². The standard InChI is InChI=1S/C10H13Cl2NO2S/c11-6-3-7-13-16(14,15)8-9-4-1-2-5-10(9)12/h1-2,4-5,13H,3,6-8H2. The van der Waals surface area contributed by atoms with Crippen LogP contribution in [0.4, 0.5) is 0 Å². The average molecular weight is 282 g/mol. The molecule has 1 rings (SSSR count). The van der Waals surface area contributed by atoms with Gasteiger partial charge in [0.05, 0.1) is 5.75 Å². The highest BCUT2D eigenvalue weighted by Crippen LogP contribution is 2.17. The maximum Gasteiger partial charge on any atom is 0.215 e. The molecule has 16 heavy (non-hydrogen) atoms. The molecule has 0 heterocycles. The summed E-state index contributed by atoms with van der Waals surface area (Å²) in [5, 5.41) is 0.463. The third kappa shape index (κ3) is 4.70. The van der Waals surface area contributed by atoms with Gasteiger partial charge in [-0.05, 0) is 18.1 Å². The van der Waals surface area contributed by atoms with Crippen LogP contribution in [0, 0.1) is 0 Å². The van der Waals surface area contributed by atoms with Gasteiger partial charge in [-0.2, -0.15) is 0 Å². The molecule has 0 unspecified atom stereocenters. The van der Waals surface area contributed by atoms with Crippen molar-refractivity contribution in [3.8, 4) is 0 Å². The van der Waals surface area contributed by atoms with E-state index in [9.17, 15) is 8.42 Å². The summed E-state index contributed by atoms with van der Waals surface area (Å²) in [6, 6.07) is 6.89. The minimum absolute atomic E-state index is 0.102. The molecule has 0 saturated carbocycles. The molecule has 1 aromatic rings. The van der Waals surface area contributed by atoms with Crippen LogP contribution < -0.4 is 4.72 Å². The van der Waals surface area contributed by atoms with Crippen LogP contribution >= 0.6 is 23.2 Å². The fourth-order valence-electron chi connectivity index (χ4n) is 1.17. The van der Waals surface area contributed by atoms with Crippen LogP contribution in [0.15, 0.2) is 24.3 Å². The molecule has 0 aliphatic carbocycles. The van der Waals surface area contributed by atoms with Crippen LogP contribution in [0.2, 0.25) is 5.02 Å². The molecule has 6 heteroatoms. The van der Waals surface area contributed by atoms with Crippen molar-refractivity contribution in [1.82, 2.24) is 4.72 Å². The number of benzene rings is 1. The van der Waals surface area contributed by atoms with Gasteiger partial charge in [-0.1, -0.05) is 29.8 Å². The van der Waals surface area contributed by atoms with Gasteiger partial charge in [-0.15, -0.1) is 11.6 Å². The van der Waals surface area contributed by atoms with Crippen molar-refractivity contribution < 1.29 is 8.42 Å². The molecule has 0 spiro atoms. The van der Waals surface area contributed by atoms with Crippen molar-refractivity contribution in [1.29, 1.82) is 0 Å². The van der Waals surface area contributed by atoms with Gasteiger partial charge in [0.15, 0.2) is 0 Å². The van der Waals surface area contributed by atoms with Gasteiger partial charge in [-0.3, -0.25) is 0 Å². The zero-order valence-corrected chi connectivity index (χ0v) is 10.9. The van der Waals surface area contributed by atoms with Gasteiger partial charge >= 0.3 is 0 Å². The Morgan fingerprint density at radius 3 is 2.56 bits per heavy atom. The minimum Gasteiger partial charge on any atom is -0.215 e. The van der Waals surface area contributed by atoms with E-state index in [1.807, 2.05) is 0 Å². The summed E-state index contributed by atoms with van der Waals surface area (Å²) in [7, 11) is -3.32. The first-order valence-electron chi connectivity index (χ1n) is 4.82. The number of alkyl halides is 1. The number of rotatable bonds is 6. The second kappa shape index (κ2) is 6.45. The topological polar surface area (TPSA) is 46.2 Å². The predicted octanol–water partition coefficient (Wildman–Crippen LogP) is 2.39. The Morgan fingerprint density at radius 2 is 1.94 bits per heavy atom. The minimum atomic E-state index is -3.32. The molecule has 1 N–H and O–H groups in total. The van der Waals surface area contributed by atoms with Gasteiger partial charge in [0.1, 0.15) is 0 Å². The molecule has 0 fully saturated rings. The summed E-state index contributed by atoms with van der Waals surface area (Å²) < 4.78 is 25.7. The molecule has 0 aliphatic rings. The number of sulfonamides is 1. The second-order valence-corrected chi connectivity index (χ2v) is 5.88. The van der Waals surface area contributed by atoms with E-state index in [0.717, 1.165) is 0 Å². The Balaban J connectivity index is 2.63. The predicted molar refractivity (Wildman–Crippen MR) is 67.4 cm³/mol. The highest BCUT2D eigenvalue weighted by Gasteiger charge is 2.12. The zero-order valence-electron chi connectivity index (χ0n) is 8.62. The fourth-order valence-corrected chi connectivity index (χ4v) is 2.80. The van der Waals surface area contributed by atoms with Crippen molar-refractivity contribution in [2.45, 2.75) is 12.2 Å². The van der Waals surface area contributed by atoms with E-state index in [-0.39, 0.29) is 5.75 Å². The molecule has 0 radical (unpaired) electrons. The van der Waals surface area contributed by atoms with Gasteiger partial charge in [0.2, 0.25) is 10.0 Å². The maximum atomic E-state index is 11.6. The fraction of sp³-hybridized carbons (Fsp3) is 0.400. The first-order chi connectivity index (χ1) is 7.55. The summed E-state index contributed by atoms with van der Waals surface area (Å²) in [4.78, 5) is 0. The van der Waals surface area contributed by atoms with E-state index < -0.39 is 10.0 Å². The maximum absolute atomic E-state index is 11.6. The summed E-state index contributed by atoms with van der Waals surface area (Å²) in [5.41, 5.74) is 0.600. The lowest BCUT2D eigenvalue weighted by Crippen LogP contribution is -2.26. The molecule has 0 aliphatic heterocycles. The lowest BCUT2D eigenvalue weighted by Gasteiger charge is -2.07. The number of hydrogen-bond donors (Lipinski definition) is 1. The van der Waals surface area contributed by atoms with Gasteiger partial charge < -0.3 is 0 Å². The molecule has 3 nitrogen and oxygen atoms in total. The van der Waals surface area contributed by atoms with Gasteiger partial charge in [-0.25, -0.2) is 13.1 Å². The smallest absolute Gasteiger partial charge is 0.215 e. The van der Waals surface area contributed by atoms with E-state index in [1.54, 1.807) is 24.3 Å². The summed E-state index contributed by atoms with van der Waals surface area (Å²) in [6.07, 6.45) is 0.614. The Bertz CT molecular complexity index is 434. The number of halogens is 2. The average Bonchev–Trinajstić information content (AvgIpc) is 2.21. The third-order valence-corrected chi connectivity index (χ3v) is 3.91. The van der Waals surface area contributed by atoms with Crippen molar-refractivity contribution >= 4 is 33.2 Å². The quantitative estimate of drug-likeness (QED) is 0.643. The number of nitrogens with one attached hydrogen (secondary N) is 1. The van der Waals surface area contributed by atoms with Gasteiger partial charge in [0.25, 0.3) is 0 Å². The van der Waals surface area contributed by atoms with Crippen molar-refractivity contribution in [3.63, 3.8) is 0 Å². The summed E-state index contributed by atoms with van der Waals surface area (Å²) in [5.74, 6) is 0.337. The van der Waals surface area contributed by atoms with E-state index in [1.165, 1.54) is 0 Å². The molecular formula is C10H13Cl2NO2S. The Kier molecular flexibility index (Phi) is 5.55. The Morgan fingerprint density at radius 1 is 1.25 bits per heavy atom. The van der Waals surface area contributed by atoms with Crippen molar-refractivity contribution in [2.75, 3.05) is 12.4 Å². The molecule has 0 atom stereocenters. The Hall–Kier alpha value is -0.290. The molecule has 1 aromatic carbocycles. The molecule has 0 aromatic heterocycles. The molecular weight excluding hydrogens is 269 g/mol.